The van der Waals surface area contributed by atoms with Gasteiger partial charge in [0.1, 0.15) is 5.75 Å². The molecule has 0 saturated heterocycles. The number of thiophene rings is 1. The quantitative estimate of drug-likeness (QED) is 0.406. The molecule has 0 saturated carbocycles. The average Bonchev–Trinajstić information content (AvgIpc) is 3.35. The third-order valence-corrected chi connectivity index (χ3v) is 5.95. The third kappa shape index (κ3) is 5.34. The molecule has 2 amide bonds. The van der Waals surface area contributed by atoms with E-state index >= 15 is 0 Å². The number of amides is 2. The second kappa shape index (κ2) is 10.1. The van der Waals surface area contributed by atoms with Crippen molar-refractivity contribution in [3.63, 3.8) is 0 Å². The van der Waals surface area contributed by atoms with Crippen LogP contribution in [0, 0.1) is 0 Å². The number of benzene rings is 3. The van der Waals surface area contributed by atoms with Crippen LogP contribution in [0.25, 0.3) is 10.8 Å². The highest BCUT2D eigenvalue weighted by Gasteiger charge is 2.20. The summed E-state index contributed by atoms with van der Waals surface area (Å²) in [6, 6.07) is 25.0. The number of ether oxygens (including phenoxy) is 1. The normalized spacial score (nSPS) is 11.7. The number of carbonyl (C=O) groups is 2. The maximum atomic E-state index is 13.0. The zero-order valence-electron chi connectivity index (χ0n) is 17.7. The molecule has 0 unspecified atom stereocenters. The van der Waals surface area contributed by atoms with Crippen molar-refractivity contribution in [2.24, 2.45) is 0 Å². The summed E-state index contributed by atoms with van der Waals surface area (Å²) in [4.78, 5) is 26.7. The highest BCUT2D eigenvalue weighted by atomic mass is 32.1. The van der Waals surface area contributed by atoms with Crippen molar-refractivity contribution in [3.05, 3.63) is 100 Å². The lowest BCUT2D eigenvalue weighted by Gasteiger charge is -2.18. The van der Waals surface area contributed by atoms with Crippen LogP contribution in [-0.4, -0.2) is 17.9 Å². The maximum Gasteiger partial charge on any atom is 0.261 e. The van der Waals surface area contributed by atoms with Crippen LogP contribution in [-0.2, 0) is 17.9 Å². The average molecular weight is 445 g/mol. The predicted molar refractivity (Wildman–Crippen MR) is 128 cm³/mol. The molecule has 0 spiro atoms. The standard InChI is InChI=1S/C26H24N2O3S/c1-18(25(29)28-17-22-12-7-13-32-22)31-24-15-21-11-6-5-10-20(21)14-23(24)26(30)27-16-19-8-3-2-4-9-19/h2-15,18H,16-17H2,1H3,(H,27,30)(H,28,29)/t18-/m0/s1. The summed E-state index contributed by atoms with van der Waals surface area (Å²) in [5, 5.41) is 9.67. The Kier molecular flexibility index (Phi) is 6.82. The van der Waals surface area contributed by atoms with Crippen molar-refractivity contribution >= 4 is 33.9 Å². The molecule has 0 aliphatic heterocycles. The highest BCUT2D eigenvalue weighted by Crippen LogP contribution is 2.27. The van der Waals surface area contributed by atoms with Gasteiger partial charge in [0.15, 0.2) is 6.10 Å². The van der Waals surface area contributed by atoms with Gasteiger partial charge < -0.3 is 15.4 Å². The Labute approximate surface area is 191 Å². The first-order chi connectivity index (χ1) is 15.6. The Morgan fingerprint density at radius 3 is 2.31 bits per heavy atom. The SMILES string of the molecule is C[C@H](Oc1cc2ccccc2cc1C(=O)NCc1ccccc1)C(=O)NCc1cccs1. The van der Waals surface area contributed by atoms with Gasteiger partial charge >= 0.3 is 0 Å². The second-order valence-electron chi connectivity index (χ2n) is 7.42. The molecule has 0 radical (unpaired) electrons. The van der Waals surface area contributed by atoms with Crippen molar-refractivity contribution in [1.29, 1.82) is 0 Å². The maximum absolute atomic E-state index is 13.0. The van der Waals surface area contributed by atoms with E-state index in [1.54, 1.807) is 24.3 Å². The second-order valence-corrected chi connectivity index (χ2v) is 8.45. The molecule has 162 valence electrons. The molecule has 0 fully saturated rings. The lowest BCUT2D eigenvalue weighted by atomic mass is 10.0. The summed E-state index contributed by atoms with van der Waals surface area (Å²) in [6.45, 7) is 2.54. The Morgan fingerprint density at radius 1 is 0.875 bits per heavy atom. The minimum absolute atomic E-state index is 0.234. The third-order valence-electron chi connectivity index (χ3n) is 5.08. The Balaban J connectivity index is 1.52. The molecule has 4 rings (SSSR count). The van der Waals surface area contributed by atoms with Gasteiger partial charge in [-0.15, -0.1) is 11.3 Å². The Morgan fingerprint density at radius 2 is 1.59 bits per heavy atom. The zero-order chi connectivity index (χ0) is 22.3. The number of hydrogen-bond acceptors (Lipinski definition) is 4. The van der Waals surface area contributed by atoms with Gasteiger partial charge in [-0.25, -0.2) is 0 Å². The molecule has 0 aliphatic carbocycles. The predicted octanol–water partition coefficient (Wildman–Crippen LogP) is 4.92. The van der Waals surface area contributed by atoms with Gasteiger partial charge in [-0.05, 0) is 46.8 Å². The van der Waals surface area contributed by atoms with Crippen LogP contribution in [0.4, 0.5) is 0 Å². The van der Waals surface area contributed by atoms with Gasteiger partial charge in [0.25, 0.3) is 11.8 Å². The molecule has 4 aromatic rings. The molecule has 3 aromatic carbocycles. The van der Waals surface area contributed by atoms with Crippen LogP contribution in [0.1, 0.15) is 27.7 Å². The van der Waals surface area contributed by atoms with E-state index in [2.05, 4.69) is 10.6 Å². The summed E-state index contributed by atoms with van der Waals surface area (Å²) in [5.74, 6) is -0.101. The first kappa shape index (κ1) is 21.6. The fraction of sp³-hybridized carbons (Fsp3) is 0.154. The summed E-state index contributed by atoms with van der Waals surface area (Å²) in [5.41, 5.74) is 1.41. The van der Waals surface area contributed by atoms with Crippen molar-refractivity contribution in [1.82, 2.24) is 10.6 Å². The van der Waals surface area contributed by atoms with Gasteiger partial charge in [0, 0.05) is 11.4 Å². The van der Waals surface area contributed by atoms with Crippen molar-refractivity contribution in [2.75, 3.05) is 0 Å². The van der Waals surface area contributed by atoms with E-state index in [9.17, 15) is 9.59 Å². The molecule has 6 heteroatoms. The van der Waals surface area contributed by atoms with Crippen LogP contribution < -0.4 is 15.4 Å². The van der Waals surface area contributed by atoms with E-state index in [0.717, 1.165) is 21.2 Å². The van der Waals surface area contributed by atoms with Gasteiger partial charge in [-0.3, -0.25) is 9.59 Å². The molecular weight excluding hydrogens is 420 g/mol. The van der Waals surface area contributed by atoms with E-state index in [4.69, 9.17) is 4.74 Å². The molecule has 1 aromatic heterocycles. The fourth-order valence-corrected chi connectivity index (χ4v) is 3.99. The molecule has 0 aliphatic rings. The monoisotopic (exact) mass is 444 g/mol. The first-order valence-electron chi connectivity index (χ1n) is 10.4. The van der Waals surface area contributed by atoms with E-state index < -0.39 is 6.10 Å². The van der Waals surface area contributed by atoms with E-state index in [-0.39, 0.29) is 11.8 Å². The summed E-state index contributed by atoms with van der Waals surface area (Å²) in [7, 11) is 0. The smallest absolute Gasteiger partial charge is 0.261 e. The first-order valence-corrected chi connectivity index (χ1v) is 11.3. The van der Waals surface area contributed by atoms with Crippen LogP contribution >= 0.6 is 11.3 Å². The van der Waals surface area contributed by atoms with E-state index in [1.165, 1.54) is 0 Å². The van der Waals surface area contributed by atoms with Gasteiger partial charge in [-0.1, -0.05) is 60.7 Å². The Hall–Kier alpha value is -3.64. The van der Waals surface area contributed by atoms with Crippen LogP contribution in [0.5, 0.6) is 5.75 Å². The van der Waals surface area contributed by atoms with Crippen LogP contribution in [0.15, 0.2) is 84.2 Å². The molecular formula is C26H24N2O3S. The number of rotatable bonds is 8. The lowest BCUT2D eigenvalue weighted by molar-refractivity contribution is -0.127. The highest BCUT2D eigenvalue weighted by molar-refractivity contribution is 7.09. The molecule has 0 bridgehead atoms. The minimum atomic E-state index is -0.753. The molecule has 5 nitrogen and oxygen atoms in total. The Bertz CT molecular complexity index is 1210. The molecule has 32 heavy (non-hydrogen) atoms. The van der Waals surface area contributed by atoms with E-state index in [1.807, 2.05) is 78.2 Å². The number of hydrogen-bond donors (Lipinski definition) is 2. The summed E-state index contributed by atoms with van der Waals surface area (Å²) >= 11 is 1.58. The van der Waals surface area contributed by atoms with Crippen LogP contribution in [0.2, 0.25) is 0 Å². The number of carbonyl (C=O) groups excluding carboxylic acids is 2. The fourth-order valence-electron chi connectivity index (χ4n) is 3.34. The topological polar surface area (TPSA) is 67.4 Å². The zero-order valence-corrected chi connectivity index (χ0v) is 18.5. The van der Waals surface area contributed by atoms with Crippen molar-refractivity contribution < 1.29 is 14.3 Å². The molecule has 1 atom stereocenters. The van der Waals surface area contributed by atoms with Crippen molar-refractivity contribution in [2.45, 2.75) is 26.1 Å². The minimum Gasteiger partial charge on any atom is -0.480 e. The van der Waals surface area contributed by atoms with E-state index in [0.29, 0.717) is 24.4 Å². The molecule has 2 N–H and O–H groups in total. The summed E-state index contributed by atoms with van der Waals surface area (Å²) < 4.78 is 5.99. The largest absolute Gasteiger partial charge is 0.480 e. The van der Waals surface area contributed by atoms with Crippen molar-refractivity contribution in [3.8, 4) is 5.75 Å². The van der Waals surface area contributed by atoms with Gasteiger partial charge in [0.05, 0.1) is 12.1 Å². The van der Waals surface area contributed by atoms with Gasteiger partial charge in [-0.2, -0.15) is 0 Å². The lowest BCUT2D eigenvalue weighted by Crippen LogP contribution is -2.36. The van der Waals surface area contributed by atoms with Gasteiger partial charge in [0.2, 0.25) is 0 Å². The molecule has 1 heterocycles. The number of nitrogens with one attached hydrogen (secondary N) is 2. The van der Waals surface area contributed by atoms with Crippen LogP contribution in [0.3, 0.4) is 0 Å². The number of fused-ring (bicyclic) bond motifs is 1. The summed E-state index contributed by atoms with van der Waals surface area (Å²) in [6.07, 6.45) is -0.753.